The maximum atomic E-state index is 6.15. The first-order chi connectivity index (χ1) is 10.1. The molecule has 118 valence electrons. The molecular formula is C17H25ClO3. The molecule has 1 aliphatic heterocycles. The summed E-state index contributed by atoms with van der Waals surface area (Å²) in [5.41, 5.74) is 2.44. The molecule has 0 aliphatic carbocycles. The molecule has 21 heavy (non-hydrogen) atoms. The number of hydrogen-bond acceptors (Lipinski definition) is 3. The zero-order valence-electron chi connectivity index (χ0n) is 13.3. The highest BCUT2D eigenvalue weighted by Gasteiger charge is 2.30. The summed E-state index contributed by atoms with van der Waals surface area (Å²) in [5.74, 6) is 3.21. The van der Waals surface area contributed by atoms with E-state index in [9.17, 15) is 0 Å². The number of alkyl halides is 1. The molecular weight excluding hydrogens is 288 g/mol. The number of benzene rings is 1. The molecule has 3 unspecified atom stereocenters. The van der Waals surface area contributed by atoms with Crippen molar-refractivity contribution in [1.82, 2.24) is 0 Å². The molecule has 3 nitrogen and oxygen atoms in total. The number of methoxy groups -OCH3 is 2. The van der Waals surface area contributed by atoms with Crippen molar-refractivity contribution in [2.45, 2.75) is 38.7 Å². The van der Waals surface area contributed by atoms with Gasteiger partial charge in [0.05, 0.1) is 26.9 Å². The van der Waals surface area contributed by atoms with E-state index in [0.29, 0.717) is 17.7 Å². The molecule has 4 heteroatoms. The first kappa shape index (κ1) is 16.4. The van der Waals surface area contributed by atoms with Crippen molar-refractivity contribution in [2.75, 3.05) is 26.7 Å². The topological polar surface area (TPSA) is 27.7 Å². The molecule has 1 aromatic rings. The van der Waals surface area contributed by atoms with Crippen LogP contribution in [0.2, 0.25) is 0 Å². The molecule has 0 spiro atoms. The van der Waals surface area contributed by atoms with Crippen LogP contribution < -0.4 is 9.47 Å². The van der Waals surface area contributed by atoms with Gasteiger partial charge in [-0.2, -0.15) is 0 Å². The van der Waals surface area contributed by atoms with E-state index < -0.39 is 0 Å². The molecule has 0 aromatic heterocycles. The van der Waals surface area contributed by atoms with E-state index in [2.05, 4.69) is 19.9 Å². The Morgan fingerprint density at radius 1 is 1.24 bits per heavy atom. The summed E-state index contributed by atoms with van der Waals surface area (Å²) in [4.78, 5) is 0. The maximum Gasteiger partial charge on any atom is 0.128 e. The third-order valence-electron chi connectivity index (χ3n) is 4.43. The van der Waals surface area contributed by atoms with Crippen LogP contribution in [-0.4, -0.2) is 26.7 Å². The second kappa shape index (κ2) is 7.37. The van der Waals surface area contributed by atoms with Crippen molar-refractivity contribution >= 4 is 11.6 Å². The van der Waals surface area contributed by atoms with Gasteiger partial charge >= 0.3 is 0 Å². The number of halogens is 1. The average molecular weight is 313 g/mol. The van der Waals surface area contributed by atoms with E-state index in [0.717, 1.165) is 30.9 Å². The van der Waals surface area contributed by atoms with Crippen LogP contribution in [0.3, 0.4) is 0 Å². The Hall–Kier alpha value is -0.930. The second-order valence-corrected chi connectivity index (χ2v) is 6.13. The smallest absolute Gasteiger partial charge is 0.128 e. The van der Waals surface area contributed by atoms with E-state index in [-0.39, 0.29) is 6.10 Å². The van der Waals surface area contributed by atoms with Crippen LogP contribution >= 0.6 is 11.6 Å². The van der Waals surface area contributed by atoms with Crippen LogP contribution in [0.5, 0.6) is 11.5 Å². The number of ether oxygens (including phenoxy) is 3. The SMILES string of the molecule is COc1cc(OC)c2c(c1)C(C)C(C)COC2CCCCl. The summed E-state index contributed by atoms with van der Waals surface area (Å²) < 4.78 is 17.2. The minimum Gasteiger partial charge on any atom is -0.497 e. The Morgan fingerprint density at radius 3 is 2.62 bits per heavy atom. The third-order valence-corrected chi connectivity index (χ3v) is 4.70. The van der Waals surface area contributed by atoms with Gasteiger partial charge in [0.15, 0.2) is 0 Å². The normalized spacial score (nSPS) is 25.1. The standard InChI is InChI=1S/C17H25ClO3/c1-11-10-21-15(6-5-7-18)17-14(12(11)2)8-13(19-3)9-16(17)20-4/h8-9,11-12,15H,5-7,10H2,1-4H3. The summed E-state index contributed by atoms with van der Waals surface area (Å²) in [5, 5.41) is 0. The highest BCUT2D eigenvalue weighted by molar-refractivity contribution is 6.17. The minimum absolute atomic E-state index is 0.0482. The summed E-state index contributed by atoms with van der Waals surface area (Å²) in [6.07, 6.45) is 1.90. The third kappa shape index (κ3) is 3.46. The number of rotatable bonds is 5. The highest BCUT2D eigenvalue weighted by Crippen LogP contribution is 2.44. The van der Waals surface area contributed by atoms with Crippen molar-refractivity contribution in [3.63, 3.8) is 0 Å². The number of hydrogen-bond donors (Lipinski definition) is 0. The van der Waals surface area contributed by atoms with Crippen LogP contribution in [-0.2, 0) is 4.74 Å². The molecule has 0 N–H and O–H groups in total. The lowest BCUT2D eigenvalue weighted by molar-refractivity contribution is 0.0289. The van der Waals surface area contributed by atoms with Crippen molar-refractivity contribution < 1.29 is 14.2 Å². The zero-order valence-corrected chi connectivity index (χ0v) is 14.1. The van der Waals surface area contributed by atoms with Gasteiger partial charge in [-0.05, 0) is 36.3 Å². The van der Waals surface area contributed by atoms with E-state index in [1.807, 2.05) is 6.07 Å². The van der Waals surface area contributed by atoms with Gasteiger partial charge in [-0.3, -0.25) is 0 Å². The Labute approximate surface area is 132 Å². The Bertz CT molecular complexity index is 475. The van der Waals surface area contributed by atoms with Gasteiger partial charge in [0.1, 0.15) is 11.5 Å². The first-order valence-electron chi connectivity index (χ1n) is 7.55. The van der Waals surface area contributed by atoms with Gasteiger partial charge in [-0.1, -0.05) is 13.8 Å². The molecule has 0 bridgehead atoms. The van der Waals surface area contributed by atoms with E-state index in [1.54, 1.807) is 14.2 Å². The summed E-state index contributed by atoms with van der Waals surface area (Å²) in [6.45, 7) is 5.23. The lowest BCUT2D eigenvalue weighted by Crippen LogP contribution is -2.10. The van der Waals surface area contributed by atoms with Crippen LogP contribution in [0.15, 0.2) is 12.1 Å². The highest BCUT2D eigenvalue weighted by atomic mass is 35.5. The Kier molecular flexibility index (Phi) is 5.77. The van der Waals surface area contributed by atoms with Crippen molar-refractivity contribution in [3.05, 3.63) is 23.3 Å². The molecule has 0 fully saturated rings. The molecule has 1 aromatic carbocycles. The van der Waals surface area contributed by atoms with Crippen molar-refractivity contribution in [2.24, 2.45) is 5.92 Å². The van der Waals surface area contributed by atoms with Crippen LogP contribution in [0, 0.1) is 5.92 Å². The molecule has 0 amide bonds. The van der Waals surface area contributed by atoms with Crippen LogP contribution in [0.1, 0.15) is 49.8 Å². The fourth-order valence-electron chi connectivity index (χ4n) is 2.92. The van der Waals surface area contributed by atoms with E-state index >= 15 is 0 Å². The largest absolute Gasteiger partial charge is 0.497 e. The van der Waals surface area contributed by atoms with Gasteiger partial charge in [0.25, 0.3) is 0 Å². The van der Waals surface area contributed by atoms with Gasteiger partial charge in [0, 0.05) is 17.5 Å². The molecule has 3 atom stereocenters. The van der Waals surface area contributed by atoms with Gasteiger partial charge < -0.3 is 14.2 Å². The molecule has 1 heterocycles. The fourth-order valence-corrected chi connectivity index (χ4v) is 3.08. The van der Waals surface area contributed by atoms with Gasteiger partial charge in [0.2, 0.25) is 0 Å². The van der Waals surface area contributed by atoms with Crippen molar-refractivity contribution in [3.8, 4) is 11.5 Å². The summed E-state index contributed by atoms with van der Waals surface area (Å²) in [6, 6.07) is 4.07. The molecule has 0 saturated heterocycles. The summed E-state index contributed by atoms with van der Waals surface area (Å²) >= 11 is 5.86. The minimum atomic E-state index is 0.0482. The van der Waals surface area contributed by atoms with Crippen LogP contribution in [0.25, 0.3) is 0 Å². The molecule has 0 radical (unpaired) electrons. The van der Waals surface area contributed by atoms with Crippen molar-refractivity contribution in [1.29, 1.82) is 0 Å². The predicted octanol–water partition coefficient (Wildman–Crippen LogP) is 4.53. The second-order valence-electron chi connectivity index (χ2n) is 5.75. The molecule has 1 aliphatic rings. The van der Waals surface area contributed by atoms with Gasteiger partial charge in [-0.25, -0.2) is 0 Å². The zero-order chi connectivity index (χ0) is 15.4. The lowest BCUT2D eigenvalue weighted by atomic mass is 9.85. The quantitative estimate of drug-likeness (QED) is 0.747. The van der Waals surface area contributed by atoms with Crippen LogP contribution in [0.4, 0.5) is 0 Å². The average Bonchev–Trinajstić information content (AvgIpc) is 2.63. The number of fused-ring (bicyclic) bond motifs is 1. The summed E-state index contributed by atoms with van der Waals surface area (Å²) in [7, 11) is 3.39. The van der Waals surface area contributed by atoms with E-state index in [1.165, 1.54) is 11.1 Å². The maximum absolute atomic E-state index is 6.15. The predicted molar refractivity (Wildman–Crippen MR) is 85.8 cm³/mol. The lowest BCUT2D eigenvalue weighted by Gasteiger charge is -2.22. The molecule has 0 saturated carbocycles. The van der Waals surface area contributed by atoms with E-state index in [4.69, 9.17) is 25.8 Å². The first-order valence-corrected chi connectivity index (χ1v) is 8.09. The molecule has 2 rings (SSSR count). The fraction of sp³-hybridized carbons (Fsp3) is 0.647. The van der Waals surface area contributed by atoms with Gasteiger partial charge in [-0.15, -0.1) is 11.6 Å². The monoisotopic (exact) mass is 312 g/mol. The Balaban J connectivity index is 2.51. The Morgan fingerprint density at radius 2 is 2.00 bits per heavy atom.